The largest absolute Gasteiger partial charge is 0.481 e. The van der Waals surface area contributed by atoms with E-state index in [4.69, 9.17) is 9.47 Å². The zero-order valence-corrected chi connectivity index (χ0v) is 17.4. The Kier molecular flexibility index (Phi) is 6.11. The van der Waals surface area contributed by atoms with Gasteiger partial charge in [-0.2, -0.15) is 0 Å². The minimum absolute atomic E-state index is 0.00633. The summed E-state index contributed by atoms with van der Waals surface area (Å²) in [7, 11) is 0. The number of carboxylic acid groups (broad SMARTS) is 1. The molecule has 166 valence electrons. The summed E-state index contributed by atoms with van der Waals surface area (Å²) in [6.07, 6.45) is 0.0451. The number of nitrogens with zero attached hydrogens (tertiary/aromatic N) is 1. The molecular formula is C24H24N2O6. The number of alkyl carbamates (subject to hydrolysis) is 1. The number of nitrogens with one attached hydrogen (secondary N) is 1. The van der Waals surface area contributed by atoms with E-state index in [0.29, 0.717) is 0 Å². The van der Waals surface area contributed by atoms with Crippen LogP contribution >= 0.6 is 0 Å². The third-order valence-electron chi connectivity index (χ3n) is 5.87. The Balaban J connectivity index is 1.42. The summed E-state index contributed by atoms with van der Waals surface area (Å²) < 4.78 is 10.5. The third-order valence-corrected chi connectivity index (χ3v) is 5.87. The molecule has 1 saturated heterocycles. The van der Waals surface area contributed by atoms with Gasteiger partial charge in [-0.25, -0.2) is 9.59 Å². The molecular weight excluding hydrogens is 412 g/mol. The molecule has 2 aliphatic rings. The van der Waals surface area contributed by atoms with Gasteiger partial charge in [-0.1, -0.05) is 61.2 Å². The molecule has 0 saturated carbocycles. The third kappa shape index (κ3) is 4.16. The number of benzene rings is 2. The Bertz CT molecular complexity index is 1010. The average molecular weight is 436 g/mol. The monoisotopic (exact) mass is 436 g/mol. The van der Waals surface area contributed by atoms with Gasteiger partial charge in [-0.05, 0) is 22.3 Å². The van der Waals surface area contributed by atoms with Crippen LogP contribution in [0.25, 0.3) is 11.1 Å². The molecule has 8 nitrogen and oxygen atoms in total. The highest BCUT2D eigenvalue weighted by Crippen LogP contribution is 2.44. The normalized spacial score (nSPS) is 19.1. The lowest BCUT2D eigenvalue weighted by atomic mass is 9.98. The molecule has 4 rings (SSSR count). The van der Waals surface area contributed by atoms with Crippen LogP contribution in [0, 0.1) is 5.92 Å². The maximum Gasteiger partial charge on any atom is 0.409 e. The number of aliphatic carboxylic acids is 1. The molecule has 2 aromatic rings. The van der Waals surface area contributed by atoms with Crippen molar-refractivity contribution in [2.45, 2.75) is 12.0 Å². The average Bonchev–Trinajstić information content (AvgIpc) is 3.36. The number of likely N-dealkylation sites (tertiary alicyclic amines) is 1. The van der Waals surface area contributed by atoms with Gasteiger partial charge in [0.2, 0.25) is 0 Å². The summed E-state index contributed by atoms with van der Waals surface area (Å²) in [6.45, 7) is 3.57. The number of amides is 2. The lowest BCUT2D eigenvalue weighted by Crippen LogP contribution is -2.43. The predicted octanol–water partition coefficient (Wildman–Crippen LogP) is 3.23. The fourth-order valence-corrected chi connectivity index (χ4v) is 4.36. The fraction of sp³-hybridized carbons (Fsp3) is 0.292. The van der Waals surface area contributed by atoms with E-state index in [9.17, 15) is 19.5 Å². The second kappa shape index (κ2) is 9.13. The van der Waals surface area contributed by atoms with Gasteiger partial charge in [0.05, 0.1) is 12.0 Å². The zero-order chi connectivity index (χ0) is 22.7. The number of hydrogen-bond acceptors (Lipinski definition) is 5. The Morgan fingerprint density at radius 2 is 1.66 bits per heavy atom. The summed E-state index contributed by atoms with van der Waals surface area (Å²) in [5.41, 5.74) is 4.43. The number of carbonyl (C=O) groups excluding carboxylic acids is 2. The van der Waals surface area contributed by atoms with Gasteiger partial charge in [0.1, 0.15) is 13.2 Å². The maximum atomic E-state index is 12.8. The van der Waals surface area contributed by atoms with Crippen LogP contribution in [-0.4, -0.2) is 60.5 Å². The number of hydrogen-bond donors (Lipinski definition) is 2. The van der Waals surface area contributed by atoms with Crippen molar-refractivity contribution >= 4 is 18.2 Å². The van der Waals surface area contributed by atoms with E-state index in [1.807, 2.05) is 36.4 Å². The van der Waals surface area contributed by atoms with Crippen molar-refractivity contribution in [1.29, 1.82) is 0 Å². The summed E-state index contributed by atoms with van der Waals surface area (Å²) in [6, 6.07) is 15.3. The van der Waals surface area contributed by atoms with Crippen molar-refractivity contribution in [3.63, 3.8) is 0 Å². The lowest BCUT2D eigenvalue weighted by molar-refractivity contribution is -0.141. The van der Waals surface area contributed by atoms with Crippen LogP contribution in [0.3, 0.4) is 0 Å². The van der Waals surface area contributed by atoms with Gasteiger partial charge in [-0.15, -0.1) is 0 Å². The highest BCUT2D eigenvalue weighted by molar-refractivity contribution is 5.79. The van der Waals surface area contributed by atoms with Gasteiger partial charge in [0, 0.05) is 19.0 Å². The van der Waals surface area contributed by atoms with Crippen molar-refractivity contribution in [1.82, 2.24) is 10.2 Å². The molecule has 0 aromatic heterocycles. The molecule has 2 atom stereocenters. The summed E-state index contributed by atoms with van der Waals surface area (Å²) >= 11 is 0. The molecule has 0 radical (unpaired) electrons. The second-order valence-electron chi connectivity index (χ2n) is 7.79. The van der Waals surface area contributed by atoms with Gasteiger partial charge >= 0.3 is 18.2 Å². The van der Waals surface area contributed by atoms with Crippen LogP contribution < -0.4 is 5.32 Å². The fourth-order valence-electron chi connectivity index (χ4n) is 4.36. The minimum Gasteiger partial charge on any atom is -0.481 e. The van der Waals surface area contributed by atoms with E-state index in [1.54, 1.807) is 0 Å². The molecule has 1 aliphatic heterocycles. The molecule has 8 heteroatoms. The molecule has 1 heterocycles. The van der Waals surface area contributed by atoms with Gasteiger partial charge < -0.3 is 24.8 Å². The minimum atomic E-state index is -1.10. The van der Waals surface area contributed by atoms with Crippen molar-refractivity contribution in [2.24, 2.45) is 5.92 Å². The smallest absolute Gasteiger partial charge is 0.409 e. The van der Waals surface area contributed by atoms with Crippen molar-refractivity contribution in [3.05, 3.63) is 72.3 Å². The van der Waals surface area contributed by atoms with E-state index in [2.05, 4.69) is 24.0 Å². The highest BCUT2D eigenvalue weighted by atomic mass is 16.6. The Hall–Kier alpha value is -3.81. The maximum absolute atomic E-state index is 12.8. The van der Waals surface area contributed by atoms with Gasteiger partial charge in [0.15, 0.2) is 0 Å². The predicted molar refractivity (Wildman–Crippen MR) is 116 cm³/mol. The first kappa shape index (κ1) is 21.4. The first-order chi connectivity index (χ1) is 15.5. The van der Waals surface area contributed by atoms with Crippen LogP contribution in [0.4, 0.5) is 9.59 Å². The number of fused-ring (bicyclic) bond motifs is 3. The highest BCUT2D eigenvalue weighted by Gasteiger charge is 2.42. The van der Waals surface area contributed by atoms with Crippen LogP contribution in [0.5, 0.6) is 0 Å². The van der Waals surface area contributed by atoms with Crippen molar-refractivity contribution in [3.8, 4) is 11.1 Å². The van der Waals surface area contributed by atoms with E-state index in [0.717, 1.165) is 22.3 Å². The van der Waals surface area contributed by atoms with Crippen LogP contribution in [0.1, 0.15) is 17.0 Å². The van der Waals surface area contributed by atoms with Gasteiger partial charge in [0.25, 0.3) is 0 Å². The number of rotatable bonds is 6. The van der Waals surface area contributed by atoms with Crippen LogP contribution in [0.2, 0.25) is 0 Å². The molecule has 1 fully saturated rings. The van der Waals surface area contributed by atoms with E-state index >= 15 is 0 Å². The van der Waals surface area contributed by atoms with E-state index in [-0.39, 0.29) is 32.2 Å². The second-order valence-corrected chi connectivity index (χ2v) is 7.79. The molecule has 2 aromatic carbocycles. The first-order valence-corrected chi connectivity index (χ1v) is 10.4. The lowest BCUT2D eigenvalue weighted by Gasteiger charge is -2.19. The molecule has 1 aliphatic carbocycles. The molecule has 32 heavy (non-hydrogen) atoms. The van der Waals surface area contributed by atoms with E-state index < -0.39 is 30.1 Å². The molecule has 2 amide bonds. The number of carboxylic acids is 1. The summed E-state index contributed by atoms with van der Waals surface area (Å²) in [5, 5.41) is 12.0. The quantitative estimate of drug-likeness (QED) is 0.674. The standard InChI is InChI=1S/C24H24N2O6/c1-2-11-31-23(29)25-21-13-26(12-19(21)22(27)28)24(30)32-14-20-17-9-5-3-7-15(17)16-8-4-6-10-18(16)20/h2-10,19-21H,1,11-14H2,(H,25,29)(H,27,28)/t19-,21+/m0/s1. The molecule has 0 bridgehead atoms. The zero-order valence-electron chi connectivity index (χ0n) is 17.4. The van der Waals surface area contributed by atoms with Crippen molar-refractivity contribution < 1.29 is 29.0 Å². The van der Waals surface area contributed by atoms with Gasteiger partial charge in [-0.3, -0.25) is 4.79 Å². The number of carbonyl (C=O) groups is 3. The van der Waals surface area contributed by atoms with Crippen LogP contribution in [0.15, 0.2) is 61.2 Å². The Labute approximate surface area is 185 Å². The summed E-state index contributed by atoms with van der Waals surface area (Å²) in [5.74, 6) is -2.15. The van der Waals surface area contributed by atoms with Crippen LogP contribution in [-0.2, 0) is 14.3 Å². The molecule has 2 N–H and O–H groups in total. The first-order valence-electron chi connectivity index (χ1n) is 10.4. The van der Waals surface area contributed by atoms with E-state index in [1.165, 1.54) is 11.0 Å². The Morgan fingerprint density at radius 3 is 2.25 bits per heavy atom. The number of ether oxygens (including phenoxy) is 2. The summed E-state index contributed by atoms with van der Waals surface area (Å²) in [4.78, 5) is 37.5. The molecule has 0 spiro atoms. The van der Waals surface area contributed by atoms with Crippen molar-refractivity contribution in [2.75, 3.05) is 26.3 Å². The SMILES string of the molecule is C=CCOC(=O)N[C@@H]1CN(C(=O)OCC2c3ccccc3-c3ccccc32)C[C@@H]1C(=O)O. The Morgan fingerprint density at radius 1 is 1.03 bits per heavy atom. The molecule has 0 unspecified atom stereocenters. The topological polar surface area (TPSA) is 105 Å².